The highest BCUT2D eigenvalue weighted by molar-refractivity contribution is 7.92. The molecule has 0 aliphatic rings. The van der Waals surface area contributed by atoms with E-state index in [1.165, 1.54) is 30.3 Å². The summed E-state index contributed by atoms with van der Waals surface area (Å²) in [5, 5.41) is 2.28. The third kappa shape index (κ3) is 5.15. The third-order valence-corrected chi connectivity index (χ3v) is 6.63. The average molecular weight is 485 g/mol. The normalized spacial score (nSPS) is 11.3. The zero-order valence-corrected chi connectivity index (χ0v) is 18.4. The van der Waals surface area contributed by atoms with Gasteiger partial charge in [-0.05, 0) is 49.4 Å². The van der Waals surface area contributed by atoms with Gasteiger partial charge in [0, 0.05) is 5.02 Å². The number of nitrogens with zero attached hydrogens (tertiary/aromatic N) is 1. The Morgan fingerprint density at radius 3 is 2.23 bits per heavy atom. The standard InChI is InChI=1S/C21H16Cl2F2N2O3S/c1-13-5-8-15(9-6-13)31(29,30)27(19-11-14(22)7-10-16(19)23)12-20(28)26-21-17(24)3-2-4-18(21)25/h2-11H,12H2,1H3,(H,26,28). The van der Waals surface area contributed by atoms with Crippen molar-refractivity contribution in [3.63, 3.8) is 0 Å². The second kappa shape index (κ2) is 9.21. The summed E-state index contributed by atoms with van der Waals surface area (Å²) < 4.78 is 55.2. The van der Waals surface area contributed by atoms with Gasteiger partial charge in [0.05, 0.1) is 15.6 Å². The van der Waals surface area contributed by atoms with Crippen molar-refractivity contribution in [2.75, 3.05) is 16.2 Å². The Morgan fingerprint density at radius 2 is 1.61 bits per heavy atom. The highest BCUT2D eigenvalue weighted by Gasteiger charge is 2.29. The van der Waals surface area contributed by atoms with Crippen LogP contribution in [0.3, 0.4) is 0 Å². The molecule has 3 rings (SSSR count). The van der Waals surface area contributed by atoms with Crippen molar-refractivity contribution >= 4 is 50.5 Å². The predicted molar refractivity (Wildman–Crippen MR) is 117 cm³/mol. The van der Waals surface area contributed by atoms with E-state index in [1.54, 1.807) is 19.1 Å². The molecule has 162 valence electrons. The molecular formula is C21H16Cl2F2N2O3S. The molecule has 0 aliphatic carbocycles. The van der Waals surface area contributed by atoms with Crippen molar-refractivity contribution in [3.05, 3.63) is 87.9 Å². The summed E-state index contributed by atoms with van der Waals surface area (Å²) in [6.45, 7) is 0.989. The maximum absolute atomic E-state index is 13.9. The summed E-state index contributed by atoms with van der Waals surface area (Å²) >= 11 is 12.2. The van der Waals surface area contributed by atoms with Crippen LogP contribution in [-0.2, 0) is 14.8 Å². The van der Waals surface area contributed by atoms with Crippen LogP contribution in [0, 0.1) is 18.6 Å². The Kier molecular flexibility index (Phi) is 6.83. The van der Waals surface area contributed by atoms with Crippen LogP contribution in [0.4, 0.5) is 20.2 Å². The van der Waals surface area contributed by atoms with Crippen LogP contribution in [-0.4, -0.2) is 20.9 Å². The van der Waals surface area contributed by atoms with Crippen LogP contribution < -0.4 is 9.62 Å². The maximum Gasteiger partial charge on any atom is 0.264 e. The number of para-hydroxylation sites is 1. The number of sulfonamides is 1. The van der Waals surface area contributed by atoms with Gasteiger partial charge in [0.2, 0.25) is 5.91 Å². The highest BCUT2D eigenvalue weighted by Crippen LogP contribution is 2.33. The maximum atomic E-state index is 13.9. The van der Waals surface area contributed by atoms with Crippen LogP contribution in [0.15, 0.2) is 65.6 Å². The van der Waals surface area contributed by atoms with Gasteiger partial charge in [-0.25, -0.2) is 17.2 Å². The SMILES string of the molecule is Cc1ccc(S(=O)(=O)N(CC(=O)Nc2c(F)cccc2F)c2cc(Cl)ccc2Cl)cc1. The zero-order valence-electron chi connectivity index (χ0n) is 16.1. The molecule has 10 heteroatoms. The number of aryl methyl sites for hydroxylation is 1. The molecule has 0 fully saturated rings. The summed E-state index contributed by atoms with van der Waals surface area (Å²) in [6.07, 6.45) is 0. The topological polar surface area (TPSA) is 66.5 Å². The molecule has 1 N–H and O–H groups in total. The van der Waals surface area contributed by atoms with Crippen molar-refractivity contribution in [1.82, 2.24) is 0 Å². The van der Waals surface area contributed by atoms with Crippen molar-refractivity contribution in [2.24, 2.45) is 0 Å². The molecule has 1 amide bonds. The van der Waals surface area contributed by atoms with Crippen molar-refractivity contribution in [3.8, 4) is 0 Å². The molecule has 0 atom stereocenters. The van der Waals surface area contributed by atoms with E-state index >= 15 is 0 Å². The van der Waals surface area contributed by atoms with E-state index in [-0.39, 0.29) is 20.6 Å². The Bertz CT molecular complexity index is 1220. The first-order chi connectivity index (χ1) is 14.6. The average Bonchev–Trinajstić information content (AvgIpc) is 2.71. The lowest BCUT2D eigenvalue weighted by Gasteiger charge is -2.25. The van der Waals surface area contributed by atoms with E-state index < -0.39 is 39.8 Å². The quantitative estimate of drug-likeness (QED) is 0.508. The molecule has 0 aliphatic heterocycles. The lowest BCUT2D eigenvalue weighted by atomic mass is 10.2. The van der Waals surface area contributed by atoms with Gasteiger partial charge in [-0.2, -0.15) is 0 Å². The molecule has 0 unspecified atom stereocenters. The molecule has 0 bridgehead atoms. The number of halogens is 4. The number of benzene rings is 3. The van der Waals surface area contributed by atoms with Crippen LogP contribution in [0.25, 0.3) is 0 Å². The zero-order chi connectivity index (χ0) is 22.8. The number of anilines is 2. The van der Waals surface area contributed by atoms with Gasteiger partial charge in [0.15, 0.2) is 0 Å². The number of rotatable bonds is 6. The van der Waals surface area contributed by atoms with Gasteiger partial charge < -0.3 is 5.32 Å². The predicted octanol–water partition coefficient (Wildman–Crippen LogP) is 5.41. The van der Waals surface area contributed by atoms with Gasteiger partial charge in [-0.15, -0.1) is 0 Å². The first-order valence-corrected chi connectivity index (χ1v) is 11.1. The largest absolute Gasteiger partial charge is 0.320 e. The number of carbonyl (C=O) groups is 1. The number of amides is 1. The Balaban J connectivity index is 2.03. The van der Waals surface area contributed by atoms with Crippen molar-refractivity contribution < 1.29 is 22.0 Å². The van der Waals surface area contributed by atoms with E-state index in [0.717, 1.165) is 28.1 Å². The molecule has 0 saturated heterocycles. The Morgan fingerprint density at radius 1 is 1.00 bits per heavy atom. The van der Waals surface area contributed by atoms with Gasteiger partial charge in [0.25, 0.3) is 10.0 Å². The highest BCUT2D eigenvalue weighted by atomic mass is 35.5. The van der Waals surface area contributed by atoms with E-state index in [2.05, 4.69) is 5.32 Å². The van der Waals surface area contributed by atoms with Crippen LogP contribution >= 0.6 is 23.2 Å². The molecule has 5 nitrogen and oxygen atoms in total. The van der Waals surface area contributed by atoms with Crippen LogP contribution in [0.5, 0.6) is 0 Å². The Labute approximate surface area is 188 Å². The van der Waals surface area contributed by atoms with E-state index in [9.17, 15) is 22.0 Å². The van der Waals surface area contributed by atoms with Crippen molar-refractivity contribution in [2.45, 2.75) is 11.8 Å². The summed E-state index contributed by atoms with van der Waals surface area (Å²) in [7, 11) is -4.28. The lowest BCUT2D eigenvalue weighted by molar-refractivity contribution is -0.114. The monoisotopic (exact) mass is 484 g/mol. The minimum absolute atomic E-state index is 0.0185. The second-order valence-corrected chi connectivity index (χ2v) is 9.27. The van der Waals surface area contributed by atoms with Gasteiger partial charge in [-0.1, -0.05) is 47.0 Å². The number of nitrogens with one attached hydrogen (secondary N) is 1. The fourth-order valence-electron chi connectivity index (χ4n) is 2.74. The molecule has 0 heterocycles. The first-order valence-electron chi connectivity index (χ1n) is 8.88. The van der Waals surface area contributed by atoms with Crippen molar-refractivity contribution in [1.29, 1.82) is 0 Å². The van der Waals surface area contributed by atoms with E-state index in [4.69, 9.17) is 23.2 Å². The molecule has 3 aromatic rings. The van der Waals surface area contributed by atoms with Crippen LogP contribution in [0.2, 0.25) is 10.0 Å². The fraction of sp³-hybridized carbons (Fsp3) is 0.0952. The number of carbonyl (C=O) groups excluding carboxylic acids is 1. The third-order valence-electron chi connectivity index (χ3n) is 4.30. The minimum atomic E-state index is -4.28. The van der Waals surface area contributed by atoms with Gasteiger partial charge in [0.1, 0.15) is 23.9 Å². The first kappa shape index (κ1) is 23.0. The summed E-state index contributed by atoms with van der Waals surface area (Å²) in [5.74, 6) is -2.97. The van der Waals surface area contributed by atoms with Gasteiger partial charge >= 0.3 is 0 Å². The second-order valence-electron chi connectivity index (χ2n) is 6.57. The summed E-state index contributed by atoms with van der Waals surface area (Å²) in [5.41, 5.74) is 0.0929. The molecule has 31 heavy (non-hydrogen) atoms. The van der Waals surface area contributed by atoms with Crippen LogP contribution in [0.1, 0.15) is 5.56 Å². The molecule has 0 aromatic heterocycles. The Hall–Kier alpha value is -2.68. The fourth-order valence-corrected chi connectivity index (χ4v) is 4.61. The lowest BCUT2D eigenvalue weighted by Crippen LogP contribution is -2.38. The molecular weight excluding hydrogens is 469 g/mol. The number of hydrogen-bond acceptors (Lipinski definition) is 3. The molecule has 0 spiro atoms. The molecule has 0 saturated carbocycles. The number of hydrogen-bond donors (Lipinski definition) is 1. The summed E-state index contributed by atoms with van der Waals surface area (Å²) in [4.78, 5) is 12.5. The van der Waals surface area contributed by atoms with E-state index in [0.29, 0.717) is 0 Å². The summed E-state index contributed by atoms with van der Waals surface area (Å²) in [6, 6.07) is 13.1. The minimum Gasteiger partial charge on any atom is -0.320 e. The van der Waals surface area contributed by atoms with E-state index in [1.807, 2.05) is 0 Å². The smallest absolute Gasteiger partial charge is 0.264 e. The molecule has 3 aromatic carbocycles. The van der Waals surface area contributed by atoms with Gasteiger partial charge in [-0.3, -0.25) is 9.10 Å². The molecule has 0 radical (unpaired) electrons.